The molecule has 210 valence electrons. The zero-order chi connectivity index (χ0) is 27.5. The number of nitrogens with zero attached hydrogens (tertiary/aromatic N) is 3. The van der Waals surface area contributed by atoms with Crippen LogP contribution in [0.25, 0.3) is 0 Å². The molecule has 0 fully saturated rings. The maximum atomic E-state index is 12.0. The standard InChI is InChI=1S/C29H41N7O3/c1-23(2)13-15-31-27-34-28(32-16-14-24-9-5-3-6-10-24)36-29(35-27)33-18-20-39-22-21-38-19-17-30-26(37)25-11-7-4-8-12-25/h3-12,23H,13-22H2,1-2H3,(H,30,37)(H3,31,32,33,34,35,36). The van der Waals surface area contributed by atoms with E-state index in [9.17, 15) is 4.79 Å². The molecular weight excluding hydrogens is 494 g/mol. The third kappa shape index (κ3) is 12.6. The smallest absolute Gasteiger partial charge is 0.251 e. The molecule has 39 heavy (non-hydrogen) atoms. The second-order valence-electron chi connectivity index (χ2n) is 9.35. The van der Waals surface area contributed by atoms with E-state index in [2.05, 4.69) is 62.2 Å². The number of rotatable bonds is 19. The average Bonchev–Trinajstić information content (AvgIpc) is 2.95. The van der Waals surface area contributed by atoms with E-state index in [0.717, 1.165) is 25.9 Å². The Bertz CT molecular complexity index is 1080. The van der Waals surface area contributed by atoms with Gasteiger partial charge in [-0.3, -0.25) is 4.79 Å². The lowest BCUT2D eigenvalue weighted by molar-refractivity contribution is 0.0519. The molecule has 0 saturated heterocycles. The van der Waals surface area contributed by atoms with Crippen LogP contribution in [0.15, 0.2) is 60.7 Å². The molecule has 3 aromatic rings. The normalized spacial score (nSPS) is 10.8. The van der Waals surface area contributed by atoms with Crippen molar-refractivity contribution in [3.63, 3.8) is 0 Å². The second-order valence-corrected chi connectivity index (χ2v) is 9.35. The van der Waals surface area contributed by atoms with Crippen LogP contribution in [0.3, 0.4) is 0 Å². The quantitative estimate of drug-likeness (QED) is 0.170. The average molecular weight is 536 g/mol. The Morgan fingerprint density at radius 2 is 1.23 bits per heavy atom. The molecule has 2 aromatic carbocycles. The molecule has 1 heterocycles. The van der Waals surface area contributed by atoms with Gasteiger partial charge in [0.25, 0.3) is 5.91 Å². The lowest BCUT2D eigenvalue weighted by Gasteiger charge is -2.12. The van der Waals surface area contributed by atoms with Gasteiger partial charge in [-0.05, 0) is 36.5 Å². The Kier molecular flexibility index (Phi) is 13.5. The van der Waals surface area contributed by atoms with E-state index < -0.39 is 0 Å². The number of anilines is 3. The highest BCUT2D eigenvalue weighted by Gasteiger charge is 2.07. The first-order chi connectivity index (χ1) is 19.1. The molecule has 4 N–H and O–H groups in total. The van der Waals surface area contributed by atoms with Gasteiger partial charge >= 0.3 is 0 Å². The van der Waals surface area contributed by atoms with Crippen molar-refractivity contribution >= 4 is 23.8 Å². The maximum absolute atomic E-state index is 12.0. The fourth-order valence-corrected chi connectivity index (χ4v) is 3.53. The highest BCUT2D eigenvalue weighted by Crippen LogP contribution is 2.11. The summed E-state index contributed by atoms with van der Waals surface area (Å²) < 4.78 is 11.2. The summed E-state index contributed by atoms with van der Waals surface area (Å²) >= 11 is 0. The number of hydrogen-bond acceptors (Lipinski definition) is 9. The molecule has 0 aliphatic rings. The lowest BCUT2D eigenvalue weighted by atomic mass is 10.1. The zero-order valence-electron chi connectivity index (χ0n) is 23.0. The van der Waals surface area contributed by atoms with Gasteiger partial charge in [-0.25, -0.2) is 0 Å². The first kappa shape index (κ1) is 29.8. The summed E-state index contributed by atoms with van der Waals surface area (Å²) in [7, 11) is 0. The van der Waals surface area contributed by atoms with E-state index in [1.54, 1.807) is 12.1 Å². The summed E-state index contributed by atoms with van der Waals surface area (Å²) in [5.41, 5.74) is 1.89. The van der Waals surface area contributed by atoms with Crippen molar-refractivity contribution in [1.82, 2.24) is 20.3 Å². The number of amides is 1. The Hall–Kier alpha value is -3.76. The number of carbonyl (C=O) groups excluding carboxylic acids is 1. The minimum Gasteiger partial charge on any atom is -0.377 e. The molecule has 0 atom stereocenters. The van der Waals surface area contributed by atoms with Crippen molar-refractivity contribution in [1.29, 1.82) is 0 Å². The van der Waals surface area contributed by atoms with Crippen LogP contribution in [0.5, 0.6) is 0 Å². The van der Waals surface area contributed by atoms with Crippen LogP contribution in [0.4, 0.5) is 17.8 Å². The van der Waals surface area contributed by atoms with E-state index >= 15 is 0 Å². The SMILES string of the molecule is CC(C)CCNc1nc(NCCOCCOCCNC(=O)c2ccccc2)nc(NCCc2ccccc2)n1. The minimum absolute atomic E-state index is 0.104. The largest absolute Gasteiger partial charge is 0.377 e. The molecule has 0 spiro atoms. The third-order valence-electron chi connectivity index (χ3n) is 5.65. The molecule has 0 aliphatic heterocycles. The first-order valence-corrected chi connectivity index (χ1v) is 13.6. The van der Waals surface area contributed by atoms with Gasteiger partial charge in [0.1, 0.15) is 0 Å². The second kappa shape index (κ2) is 17.7. The van der Waals surface area contributed by atoms with Gasteiger partial charge in [0, 0.05) is 31.7 Å². The summed E-state index contributed by atoms with van der Waals surface area (Å²) in [6.45, 7) is 8.70. The number of ether oxygens (including phenoxy) is 2. The molecule has 1 aromatic heterocycles. The van der Waals surface area contributed by atoms with Crippen LogP contribution < -0.4 is 21.3 Å². The highest BCUT2D eigenvalue weighted by molar-refractivity contribution is 5.94. The topological polar surface area (TPSA) is 122 Å². The molecule has 0 radical (unpaired) electrons. The number of hydrogen-bond donors (Lipinski definition) is 4. The summed E-state index contributed by atoms with van der Waals surface area (Å²) in [4.78, 5) is 25.5. The first-order valence-electron chi connectivity index (χ1n) is 13.6. The molecule has 10 nitrogen and oxygen atoms in total. The molecule has 1 amide bonds. The van der Waals surface area contributed by atoms with Crippen molar-refractivity contribution in [2.75, 3.05) is 68.6 Å². The Balaban J connectivity index is 1.33. The fraction of sp³-hybridized carbons (Fsp3) is 0.448. The van der Waals surface area contributed by atoms with Crippen molar-refractivity contribution in [2.24, 2.45) is 5.92 Å². The molecule has 0 bridgehead atoms. The molecule has 0 saturated carbocycles. The van der Waals surface area contributed by atoms with E-state index in [-0.39, 0.29) is 5.91 Å². The number of benzene rings is 2. The molecule has 0 aliphatic carbocycles. The van der Waals surface area contributed by atoms with Gasteiger partial charge in [0.15, 0.2) is 0 Å². The van der Waals surface area contributed by atoms with Gasteiger partial charge in [0.2, 0.25) is 17.8 Å². The van der Waals surface area contributed by atoms with Crippen LogP contribution in [-0.2, 0) is 15.9 Å². The zero-order valence-corrected chi connectivity index (χ0v) is 23.0. The minimum atomic E-state index is -0.104. The van der Waals surface area contributed by atoms with Crippen LogP contribution in [0, 0.1) is 5.92 Å². The predicted molar refractivity (Wildman–Crippen MR) is 155 cm³/mol. The molecule has 3 rings (SSSR count). The Labute approximate surface area is 231 Å². The van der Waals surface area contributed by atoms with E-state index in [0.29, 0.717) is 68.8 Å². The molecule has 0 unspecified atom stereocenters. The number of carbonyl (C=O) groups is 1. The maximum Gasteiger partial charge on any atom is 0.251 e. The third-order valence-corrected chi connectivity index (χ3v) is 5.65. The van der Waals surface area contributed by atoms with Gasteiger partial charge < -0.3 is 30.7 Å². The van der Waals surface area contributed by atoms with Gasteiger partial charge in [-0.15, -0.1) is 0 Å². The van der Waals surface area contributed by atoms with Crippen LogP contribution in [0.1, 0.15) is 36.2 Å². The van der Waals surface area contributed by atoms with Gasteiger partial charge in [0.05, 0.1) is 26.4 Å². The lowest BCUT2D eigenvalue weighted by Crippen LogP contribution is -2.27. The predicted octanol–water partition coefficient (Wildman–Crippen LogP) is 3.86. The highest BCUT2D eigenvalue weighted by atomic mass is 16.5. The van der Waals surface area contributed by atoms with Crippen LogP contribution in [0.2, 0.25) is 0 Å². The summed E-state index contributed by atoms with van der Waals surface area (Å²) in [5.74, 6) is 2.06. The van der Waals surface area contributed by atoms with Crippen molar-refractivity contribution in [3.8, 4) is 0 Å². The number of aromatic nitrogens is 3. The fourth-order valence-electron chi connectivity index (χ4n) is 3.53. The van der Waals surface area contributed by atoms with Crippen molar-refractivity contribution < 1.29 is 14.3 Å². The summed E-state index contributed by atoms with van der Waals surface area (Å²) in [5, 5.41) is 12.7. The van der Waals surface area contributed by atoms with E-state index in [1.807, 2.05) is 36.4 Å². The number of nitrogens with one attached hydrogen (secondary N) is 4. The monoisotopic (exact) mass is 535 g/mol. The van der Waals surface area contributed by atoms with Gasteiger partial charge in [-0.2, -0.15) is 15.0 Å². The molecule has 10 heteroatoms. The summed E-state index contributed by atoms with van der Waals surface area (Å²) in [6, 6.07) is 19.4. The van der Waals surface area contributed by atoms with Gasteiger partial charge in [-0.1, -0.05) is 62.4 Å². The van der Waals surface area contributed by atoms with Crippen molar-refractivity contribution in [3.05, 3.63) is 71.8 Å². The molecular formula is C29H41N7O3. The Morgan fingerprint density at radius 3 is 1.85 bits per heavy atom. The van der Waals surface area contributed by atoms with E-state index in [1.165, 1.54) is 5.56 Å². The van der Waals surface area contributed by atoms with Crippen LogP contribution >= 0.6 is 0 Å². The van der Waals surface area contributed by atoms with Crippen molar-refractivity contribution in [2.45, 2.75) is 26.7 Å². The van der Waals surface area contributed by atoms with E-state index in [4.69, 9.17) is 9.47 Å². The Morgan fingerprint density at radius 1 is 0.692 bits per heavy atom. The van der Waals surface area contributed by atoms with Crippen LogP contribution in [-0.4, -0.2) is 73.5 Å². The summed E-state index contributed by atoms with van der Waals surface area (Å²) in [6.07, 6.45) is 1.90.